The molecule has 0 aliphatic heterocycles. The van der Waals surface area contributed by atoms with Crippen molar-refractivity contribution in [2.24, 2.45) is 0 Å². The number of pyridine rings is 1. The van der Waals surface area contributed by atoms with Crippen LogP contribution in [-0.2, 0) is 16.0 Å². The lowest BCUT2D eigenvalue weighted by Crippen LogP contribution is -2.19. The largest absolute Gasteiger partial charge is 0.573 e. The molecule has 1 aromatic heterocycles. The fourth-order valence-electron chi connectivity index (χ4n) is 1.50. The van der Waals surface area contributed by atoms with E-state index in [0.29, 0.717) is 0 Å². The number of alkyl halides is 3. The van der Waals surface area contributed by atoms with Crippen molar-refractivity contribution >= 4 is 5.97 Å². The Morgan fingerprint density at radius 1 is 1.40 bits per heavy atom. The van der Waals surface area contributed by atoms with E-state index in [0.717, 1.165) is 6.07 Å². The lowest BCUT2D eigenvalue weighted by Gasteiger charge is -2.14. The third-order valence-electron chi connectivity index (χ3n) is 2.27. The standard InChI is InChI=1S/C12H14F3NO4/c1-4-19-10(17)6-8-5-9(20-12(13,14)15)7(2)16-11(8)18-3/h5H,4,6H2,1-3H3. The second kappa shape index (κ2) is 6.44. The summed E-state index contributed by atoms with van der Waals surface area (Å²) in [5, 5.41) is 0. The second-order valence-electron chi connectivity index (χ2n) is 3.77. The minimum Gasteiger partial charge on any atom is -0.481 e. The Morgan fingerprint density at radius 2 is 2.05 bits per heavy atom. The third kappa shape index (κ3) is 4.60. The number of aryl methyl sites for hydroxylation is 1. The SMILES string of the molecule is CCOC(=O)Cc1cc(OC(F)(F)F)c(C)nc1OC. The van der Waals surface area contributed by atoms with Gasteiger partial charge in [-0.25, -0.2) is 4.98 Å². The molecule has 1 aromatic rings. The monoisotopic (exact) mass is 293 g/mol. The van der Waals surface area contributed by atoms with E-state index < -0.39 is 18.1 Å². The highest BCUT2D eigenvalue weighted by atomic mass is 19.4. The molecule has 0 fully saturated rings. The van der Waals surface area contributed by atoms with Crippen LogP contribution in [0.4, 0.5) is 13.2 Å². The van der Waals surface area contributed by atoms with E-state index in [-0.39, 0.29) is 30.2 Å². The highest BCUT2D eigenvalue weighted by molar-refractivity contribution is 5.73. The topological polar surface area (TPSA) is 57.7 Å². The van der Waals surface area contributed by atoms with Crippen molar-refractivity contribution in [3.63, 3.8) is 0 Å². The number of hydrogen-bond donors (Lipinski definition) is 0. The van der Waals surface area contributed by atoms with Crippen molar-refractivity contribution in [1.82, 2.24) is 4.98 Å². The summed E-state index contributed by atoms with van der Waals surface area (Å²) in [4.78, 5) is 15.2. The number of ether oxygens (including phenoxy) is 3. The van der Waals surface area contributed by atoms with Crippen molar-refractivity contribution in [2.75, 3.05) is 13.7 Å². The zero-order valence-corrected chi connectivity index (χ0v) is 11.2. The Bertz CT molecular complexity index is 488. The molecule has 1 heterocycles. The molecule has 0 bridgehead atoms. The van der Waals surface area contributed by atoms with Crippen LogP contribution in [0.3, 0.4) is 0 Å². The highest BCUT2D eigenvalue weighted by Crippen LogP contribution is 2.30. The molecular formula is C12H14F3NO4. The smallest absolute Gasteiger partial charge is 0.481 e. The number of rotatable bonds is 5. The molecule has 0 radical (unpaired) electrons. The van der Waals surface area contributed by atoms with Crippen molar-refractivity contribution < 1.29 is 32.2 Å². The quantitative estimate of drug-likeness (QED) is 0.780. The maximum Gasteiger partial charge on any atom is 0.573 e. The number of esters is 1. The molecule has 0 amide bonds. The molecular weight excluding hydrogens is 279 g/mol. The normalized spacial score (nSPS) is 11.1. The highest BCUT2D eigenvalue weighted by Gasteiger charge is 2.32. The zero-order valence-electron chi connectivity index (χ0n) is 11.2. The zero-order chi connectivity index (χ0) is 15.3. The van der Waals surface area contributed by atoms with Crippen LogP contribution in [0.2, 0.25) is 0 Å². The molecule has 0 aromatic carbocycles. The van der Waals surface area contributed by atoms with Crippen LogP contribution in [0.5, 0.6) is 11.6 Å². The van der Waals surface area contributed by atoms with Gasteiger partial charge in [0.1, 0.15) is 0 Å². The summed E-state index contributed by atoms with van der Waals surface area (Å²) in [6.45, 7) is 3.14. The van der Waals surface area contributed by atoms with Crippen molar-refractivity contribution in [3.8, 4) is 11.6 Å². The van der Waals surface area contributed by atoms with Gasteiger partial charge in [-0.1, -0.05) is 0 Å². The number of halogens is 3. The lowest BCUT2D eigenvalue weighted by molar-refractivity contribution is -0.275. The summed E-state index contributed by atoms with van der Waals surface area (Å²) in [6, 6.07) is 1.07. The molecule has 20 heavy (non-hydrogen) atoms. The number of aromatic nitrogens is 1. The molecule has 0 atom stereocenters. The Morgan fingerprint density at radius 3 is 2.55 bits per heavy atom. The molecule has 0 aliphatic carbocycles. The van der Waals surface area contributed by atoms with Crippen LogP contribution in [0.15, 0.2) is 6.07 Å². The van der Waals surface area contributed by atoms with Gasteiger partial charge in [0.15, 0.2) is 5.75 Å². The second-order valence-corrected chi connectivity index (χ2v) is 3.77. The fraction of sp³-hybridized carbons (Fsp3) is 0.500. The number of hydrogen-bond acceptors (Lipinski definition) is 5. The van der Waals surface area contributed by atoms with Crippen molar-refractivity contribution in [1.29, 1.82) is 0 Å². The van der Waals surface area contributed by atoms with Gasteiger partial charge in [-0.3, -0.25) is 4.79 Å². The van der Waals surface area contributed by atoms with Crippen LogP contribution in [0.25, 0.3) is 0 Å². The number of carbonyl (C=O) groups excluding carboxylic acids is 1. The molecule has 0 saturated heterocycles. The van der Waals surface area contributed by atoms with Gasteiger partial charge in [-0.15, -0.1) is 13.2 Å². The van der Waals surface area contributed by atoms with Crippen LogP contribution in [-0.4, -0.2) is 31.0 Å². The van der Waals surface area contributed by atoms with Gasteiger partial charge in [0.25, 0.3) is 0 Å². The summed E-state index contributed by atoms with van der Waals surface area (Å²) in [5.74, 6) is -1.00. The van der Waals surface area contributed by atoms with Gasteiger partial charge in [0.2, 0.25) is 5.88 Å². The molecule has 0 aliphatic rings. The molecule has 1 rings (SSSR count). The summed E-state index contributed by atoms with van der Waals surface area (Å²) in [7, 11) is 1.31. The average Bonchev–Trinajstić information content (AvgIpc) is 2.31. The summed E-state index contributed by atoms with van der Waals surface area (Å²) < 4.78 is 50.2. The van der Waals surface area contributed by atoms with Gasteiger partial charge in [-0.2, -0.15) is 0 Å². The van der Waals surface area contributed by atoms with Gasteiger partial charge in [-0.05, 0) is 19.9 Å². The summed E-state index contributed by atoms with van der Waals surface area (Å²) in [5.41, 5.74) is 0.169. The predicted octanol–water partition coefficient (Wildman–Crippen LogP) is 2.40. The van der Waals surface area contributed by atoms with Crippen LogP contribution < -0.4 is 9.47 Å². The van der Waals surface area contributed by atoms with Crippen LogP contribution in [0, 0.1) is 6.92 Å². The Hall–Kier alpha value is -1.99. The maximum absolute atomic E-state index is 12.2. The first-order valence-corrected chi connectivity index (χ1v) is 5.72. The van der Waals surface area contributed by atoms with Gasteiger partial charge in [0, 0.05) is 5.56 Å². The molecule has 0 N–H and O–H groups in total. The maximum atomic E-state index is 12.2. The van der Waals surface area contributed by atoms with Crippen LogP contribution in [0.1, 0.15) is 18.2 Å². The lowest BCUT2D eigenvalue weighted by atomic mass is 10.1. The predicted molar refractivity (Wildman–Crippen MR) is 62.5 cm³/mol. The van der Waals surface area contributed by atoms with Crippen molar-refractivity contribution in [2.45, 2.75) is 26.6 Å². The van der Waals surface area contributed by atoms with E-state index in [2.05, 4.69) is 9.72 Å². The Labute approximate surface area is 113 Å². The molecule has 0 spiro atoms. The van der Waals surface area contributed by atoms with E-state index in [1.54, 1.807) is 6.92 Å². The van der Waals surface area contributed by atoms with E-state index >= 15 is 0 Å². The Balaban J connectivity index is 3.08. The summed E-state index contributed by atoms with van der Waals surface area (Å²) in [6.07, 6.45) is -5.08. The number of carbonyl (C=O) groups is 1. The molecule has 0 saturated carbocycles. The third-order valence-corrected chi connectivity index (χ3v) is 2.27. The van der Waals surface area contributed by atoms with Gasteiger partial charge < -0.3 is 14.2 Å². The molecule has 0 unspecified atom stereocenters. The summed E-state index contributed by atoms with van der Waals surface area (Å²) >= 11 is 0. The van der Waals surface area contributed by atoms with E-state index in [1.165, 1.54) is 14.0 Å². The minimum atomic E-state index is -4.83. The fourth-order valence-corrected chi connectivity index (χ4v) is 1.50. The van der Waals surface area contributed by atoms with E-state index in [4.69, 9.17) is 9.47 Å². The molecule has 112 valence electrons. The van der Waals surface area contributed by atoms with E-state index in [1.807, 2.05) is 0 Å². The first kappa shape index (κ1) is 16.1. The Kier molecular flexibility index (Phi) is 5.18. The van der Waals surface area contributed by atoms with Gasteiger partial charge >= 0.3 is 12.3 Å². The first-order valence-electron chi connectivity index (χ1n) is 5.72. The van der Waals surface area contributed by atoms with Crippen molar-refractivity contribution in [3.05, 3.63) is 17.3 Å². The average molecular weight is 293 g/mol. The number of nitrogens with zero attached hydrogens (tertiary/aromatic N) is 1. The van der Waals surface area contributed by atoms with Gasteiger partial charge in [0.05, 0.1) is 25.8 Å². The first-order chi connectivity index (χ1) is 9.26. The van der Waals surface area contributed by atoms with Crippen LogP contribution >= 0.6 is 0 Å². The minimum absolute atomic E-state index is 0.00628. The number of methoxy groups -OCH3 is 1. The van der Waals surface area contributed by atoms with E-state index in [9.17, 15) is 18.0 Å². The molecule has 8 heteroatoms. The molecule has 5 nitrogen and oxygen atoms in total.